The minimum atomic E-state index is -0.361. The van der Waals surface area contributed by atoms with Crippen molar-refractivity contribution < 1.29 is 4.39 Å². The summed E-state index contributed by atoms with van der Waals surface area (Å²) in [5.74, 6) is -0.361. The van der Waals surface area contributed by atoms with E-state index >= 15 is 0 Å². The van der Waals surface area contributed by atoms with Crippen molar-refractivity contribution in [3.05, 3.63) is 57.0 Å². The molecule has 2 rings (SSSR count). The average molecular weight is 284 g/mol. The number of halogens is 2. The molecule has 1 aromatic carbocycles. The first-order chi connectivity index (χ1) is 8.69. The number of nitrogens with one attached hydrogen (secondary N) is 1. The molecule has 0 amide bonds. The summed E-state index contributed by atoms with van der Waals surface area (Å²) in [7, 11) is 1.95. The van der Waals surface area contributed by atoms with Gasteiger partial charge in [0.15, 0.2) is 0 Å². The van der Waals surface area contributed by atoms with Crippen molar-refractivity contribution in [3.8, 4) is 0 Å². The van der Waals surface area contributed by atoms with Crippen LogP contribution in [0.1, 0.15) is 10.4 Å². The van der Waals surface area contributed by atoms with Gasteiger partial charge in [0.25, 0.3) is 0 Å². The van der Waals surface area contributed by atoms with Gasteiger partial charge < -0.3 is 5.32 Å². The number of thiophene rings is 1. The first-order valence-corrected chi connectivity index (χ1v) is 7.08. The van der Waals surface area contributed by atoms with Gasteiger partial charge in [0, 0.05) is 10.9 Å². The van der Waals surface area contributed by atoms with Crippen LogP contribution in [0.15, 0.2) is 35.7 Å². The SMILES string of the molecule is CNC(Cc1ccc(F)c(Cl)c1)Cc1cccs1. The molecule has 18 heavy (non-hydrogen) atoms. The lowest BCUT2D eigenvalue weighted by Crippen LogP contribution is -2.29. The van der Waals surface area contributed by atoms with Crippen molar-refractivity contribution in [3.63, 3.8) is 0 Å². The zero-order valence-electron chi connectivity index (χ0n) is 10.1. The summed E-state index contributed by atoms with van der Waals surface area (Å²) in [5, 5.41) is 5.57. The highest BCUT2D eigenvalue weighted by Gasteiger charge is 2.10. The van der Waals surface area contributed by atoms with Crippen LogP contribution in [0.4, 0.5) is 4.39 Å². The molecule has 0 saturated heterocycles. The van der Waals surface area contributed by atoms with Gasteiger partial charge in [-0.3, -0.25) is 0 Å². The van der Waals surface area contributed by atoms with Gasteiger partial charge in [-0.2, -0.15) is 0 Å². The van der Waals surface area contributed by atoms with Crippen LogP contribution in [0.2, 0.25) is 5.02 Å². The molecule has 0 radical (unpaired) electrons. The summed E-state index contributed by atoms with van der Waals surface area (Å²) in [4.78, 5) is 1.35. The van der Waals surface area contributed by atoms with E-state index in [9.17, 15) is 4.39 Å². The molecule has 2 aromatic rings. The van der Waals surface area contributed by atoms with Gasteiger partial charge in [0.1, 0.15) is 5.82 Å². The Morgan fingerprint density at radius 2 is 2.17 bits per heavy atom. The van der Waals surface area contributed by atoms with Crippen LogP contribution >= 0.6 is 22.9 Å². The molecule has 0 aliphatic carbocycles. The third-order valence-corrected chi connectivity index (χ3v) is 4.09. The predicted octanol–water partition coefficient (Wildman–Crippen LogP) is 3.91. The molecule has 1 aromatic heterocycles. The summed E-state index contributed by atoms with van der Waals surface area (Å²) in [5.41, 5.74) is 1.05. The molecule has 0 spiro atoms. The number of hydrogen-bond donors (Lipinski definition) is 1. The maximum Gasteiger partial charge on any atom is 0.141 e. The number of benzene rings is 1. The fraction of sp³-hybridized carbons (Fsp3) is 0.286. The third kappa shape index (κ3) is 3.55. The van der Waals surface area contributed by atoms with Gasteiger partial charge in [-0.25, -0.2) is 4.39 Å². The zero-order chi connectivity index (χ0) is 13.0. The second kappa shape index (κ2) is 6.32. The molecule has 1 N–H and O–H groups in total. The van der Waals surface area contributed by atoms with Crippen molar-refractivity contribution in [1.82, 2.24) is 5.32 Å². The van der Waals surface area contributed by atoms with E-state index < -0.39 is 0 Å². The van der Waals surface area contributed by atoms with Crippen molar-refractivity contribution in [2.45, 2.75) is 18.9 Å². The van der Waals surface area contributed by atoms with Crippen molar-refractivity contribution in [1.29, 1.82) is 0 Å². The highest BCUT2D eigenvalue weighted by molar-refractivity contribution is 7.09. The van der Waals surface area contributed by atoms with E-state index in [2.05, 4.69) is 22.8 Å². The molecule has 1 nitrogen and oxygen atoms in total. The largest absolute Gasteiger partial charge is 0.316 e. The van der Waals surface area contributed by atoms with E-state index in [-0.39, 0.29) is 10.8 Å². The lowest BCUT2D eigenvalue weighted by molar-refractivity contribution is 0.559. The van der Waals surface area contributed by atoms with Crippen molar-refractivity contribution in [2.24, 2.45) is 0 Å². The molecule has 4 heteroatoms. The summed E-state index contributed by atoms with van der Waals surface area (Å²) < 4.78 is 13.1. The molecule has 1 heterocycles. The van der Waals surface area contributed by atoms with E-state index in [1.54, 1.807) is 23.5 Å². The molecule has 0 aliphatic heterocycles. The second-order valence-corrected chi connectivity index (χ2v) is 5.66. The highest BCUT2D eigenvalue weighted by Crippen LogP contribution is 2.18. The lowest BCUT2D eigenvalue weighted by Gasteiger charge is -2.15. The van der Waals surface area contributed by atoms with Crippen LogP contribution in [0.3, 0.4) is 0 Å². The molecule has 0 saturated carbocycles. The second-order valence-electron chi connectivity index (χ2n) is 4.22. The smallest absolute Gasteiger partial charge is 0.141 e. The van der Waals surface area contributed by atoms with E-state index in [1.165, 1.54) is 10.9 Å². The van der Waals surface area contributed by atoms with E-state index in [4.69, 9.17) is 11.6 Å². The summed E-state index contributed by atoms with van der Waals surface area (Å²) >= 11 is 7.55. The molecule has 0 fully saturated rings. The number of hydrogen-bond acceptors (Lipinski definition) is 2. The van der Waals surface area contributed by atoms with E-state index in [0.29, 0.717) is 6.04 Å². The van der Waals surface area contributed by atoms with Crippen molar-refractivity contribution in [2.75, 3.05) is 7.05 Å². The fourth-order valence-electron chi connectivity index (χ4n) is 1.90. The standard InChI is InChI=1S/C14H15ClFNS/c1-17-11(9-12-3-2-6-18-12)7-10-4-5-14(16)13(15)8-10/h2-6,8,11,17H,7,9H2,1H3. The Kier molecular flexibility index (Phi) is 4.75. The molecule has 0 bridgehead atoms. The molecule has 96 valence electrons. The Morgan fingerprint density at radius 1 is 1.33 bits per heavy atom. The Morgan fingerprint density at radius 3 is 2.78 bits per heavy atom. The fourth-order valence-corrected chi connectivity index (χ4v) is 2.89. The van der Waals surface area contributed by atoms with Crippen LogP contribution in [-0.4, -0.2) is 13.1 Å². The Hall–Kier alpha value is -0.900. The number of rotatable bonds is 5. The van der Waals surface area contributed by atoms with Crippen LogP contribution in [0.25, 0.3) is 0 Å². The quantitative estimate of drug-likeness (QED) is 0.877. The topological polar surface area (TPSA) is 12.0 Å². The van der Waals surface area contributed by atoms with Crippen LogP contribution in [0.5, 0.6) is 0 Å². The maximum absolute atomic E-state index is 13.1. The molecular weight excluding hydrogens is 269 g/mol. The van der Waals surface area contributed by atoms with Gasteiger partial charge in [-0.05, 0) is 49.0 Å². The molecule has 1 atom stereocenters. The minimum Gasteiger partial charge on any atom is -0.316 e. The summed E-state index contributed by atoms with van der Waals surface area (Å²) in [6.07, 6.45) is 1.82. The Bertz CT molecular complexity index is 499. The van der Waals surface area contributed by atoms with E-state index in [1.807, 2.05) is 7.05 Å². The highest BCUT2D eigenvalue weighted by atomic mass is 35.5. The van der Waals surface area contributed by atoms with E-state index in [0.717, 1.165) is 18.4 Å². The van der Waals surface area contributed by atoms with Gasteiger partial charge >= 0.3 is 0 Å². The summed E-state index contributed by atoms with van der Waals surface area (Å²) in [6, 6.07) is 9.45. The van der Waals surface area contributed by atoms with Gasteiger partial charge in [0.05, 0.1) is 5.02 Å². The van der Waals surface area contributed by atoms with Crippen LogP contribution < -0.4 is 5.32 Å². The van der Waals surface area contributed by atoms with Gasteiger partial charge in [0.2, 0.25) is 0 Å². The third-order valence-electron chi connectivity index (χ3n) is 2.90. The lowest BCUT2D eigenvalue weighted by atomic mass is 10.0. The Balaban J connectivity index is 2.03. The van der Waals surface area contributed by atoms with Crippen LogP contribution in [-0.2, 0) is 12.8 Å². The van der Waals surface area contributed by atoms with Gasteiger partial charge in [-0.15, -0.1) is 11.3 Å². The molecule has 0 aliphatic rings. The molecule has 1 unspecified atom stereocenters. The first kappa shape index (κ1) is 13.5. The average Bonchev–Trinajstić information content (AvgIpc) is 2.86. The minimum absolute atomic E-state index is 0.193. The monoisotopic (exact) mass is 283 g/mol. The predicted molar refractivity (Wildman–Crippen MR) is 76.0 cm³/mol. The van der Waals surface area contributed by atoms with Crippen LogP contribution in [0, 0.1) is 5.82 Å². The number of likely N-dealkylation sites (N-methyl/N-ethyl adjacent to an activating group) is 1. The Labute approximate surface area is 116 Å². The molecular formula is C14H15ClFNS. The zero-order valence-corrected chi connectivity index (χ0v) is 11.7. The van der Waals surface area contributed by atoms with Gasteiger partial charge in [-0.1, -0.05) is 23.7 Å². The maximum atomic E-state index is 13.1. The van der Waals surface area contributed by atoms with Crippen molar-refractivity contribution >= 4 is 22.9 Å². The first-order valence-electron chi connectivity index (χ1n) is 5.82. The normalized spacial score (nSPS) is 12.6. The summed E-state index contributed by atoms with van der Waals surface area (Å²) in [6.45, 7) is 0.